The Morgan fingerprint density at radius 1 is 1.05 bits per heavy atom. The van der Waals surface area contributed by atoms with Crippen LogP contribution in [0.5, 0.6) is 0 Å². The van der Waals surface area contributed by atoms with Crippen LogP contribution in [-0.4, -0.2) is 17.7 Å². The summed E-state index contributed by atoms with van der Waals surface area (Å²) in [6, 6.07) is 0.409. The first-order valence-electron chi connectivity index (χ1n) is 7.68. The fraction of sp³-hybridized carbons (Fsp3) is 0.933. The lowest BCUT2D eigenvalue weighted by Gasteiger charge is -2.39. The maximum atomic E-state index is 11.6. The minimum absolute atomic E-state index is 0.377. The molecule has 110 valence electrons. The van der Waals surface area contributed by atoms with Crippen molar-refractivity contribution in [2.75, 3.05) is 0 Å². The summed E-state index contributed by atoms with van der Waals surface area (Å²) in [6.07, 6.45) is 8.86. The first-order valence-corrected chi connectivity index (χ1v) is 7.68. The molecular weight excluding hydrogens is 240 g/mol. The predicted molar refractivity (Wildman–Crippen MR) is 75.6 cm³/mol. The van der Waals surface area contributed by atoms with Crippen LogP contribution in [0.3, 0.4) is 0 Å². The molecular formula is C15H28N2O2. The quantitative estimate of drug-likeness (QED) is 0.755. The SMILES string of the molecule is CC(C)(C)OC(=O)NNC1CCC2CCCCC2C1. The van der Waals surface area contributed by atoms with Gasteiger partial charge in [0, 0.05) is 6.04 Å². The van der Waals surface area contributed by atoms with Crippen molar-refractivity contribution in [3.63, 3.8) is 0 Å². The summed E-state index contributed by atoms with van der Waals surface area (Å²) in [4.78, 5) is 11.6. The molecule has 0 aromatic heterocycles. The smallest absolute Gasteiger partial charge is 0.422 e. The van der Waals surface area contributed by atoms with Crippen LogP contribution < -0.4 is 10.9 Å². The van der Waals surface area contributed by atoms with Crippen molar-refractivity contribution in [3.8, 4) is 0 Å². The van der Waals surface area contributed by atoms with Gasteiger partial charge in [0.1, 0.15) is 5.60 Å². The zero-order valence-electron chi connectivity index (χ0n) is 12.5. The lowest BCUT2D eigenvalue weighted by atomic mass is 9.69. The van der Waals surface area contributed by atoms with Crippen LogP contribution in [0.15, 0.2) is 0 Å². The molecule has 0 radical (unpaired) electrons. The highest BCUT2D eigenvalue weighted by molar-refractivity contribution is 5.67. The van der Waals surface area contributed by atoms with E-state index in [0.29, 0.717) is 6.04 Å². The molecule has 1 amide bonds. The Balaban J connectivity index is 1.70. The number of nitrogens with one attached hydrogen (secondary N) is 2. The molecule has 4 nitrogen and oxygen atoms in total. The molecule has 2 N–H and O–H groups in total. The number of amides is 1. The molecule has 2 fully saturated rings. The van der Waals surface area contributed by atoms with Gasteiger partial charge in [-0.3, -0.25) is 5.43 Å². The van der Waals surface area contributed by atoms with Gasteiger partial charge in [0.2, 0.25) is 0 Å². The van der Waals surface area contributed by atoms with Crippen LogP contribution in [-0.2, 0) is 4.74 Å². The third-order valence-electron chi connectivity index (χ3n) is 4.32. The number of hydrazine groups is 1. The maximum Gasteiger partial charge on any atom is 0.422 e. The molecule has 0 saturated heterocycles. The van der Waals surface area contributed by atoms with Crippen molar-refractivity contribution in [1.29, 1.82) is 0 Å². The number of carbonyl (C=O) groups excluding carboxylic acids is 1. The monoisotopic (exact) mass is 268 g/mol. The lowest BCUT2D eigenvalue weighted by molar-refractivity contribution is 0.0464. The number of ether oxygens (including phenoxy) is 1. The summed E-state index contributed by atoms with van der Waals surface area (Å²) in [5.41, 5.74) is 5.41. The van der Waals surface area contributed by atoms with E-state index in [1.165, 1.54) is 38.5 Å². The fourth-order valence-electron chi connectivity index (χ4n) is 3.47. The zero-order valence-corrected chi connectivity index (χ0v) is 12.5. The number of carbonyl (C=O) groups is 1. The van der Waals surface area contributed by atoms with Crippen LogP contribution in [0.2, 0.25) is 0 Å². The van der Waals surface area contributed by atoms with Gasteiger partial charge in [-0.1, -0.05) is 25.7 Å². The van der Waals surface area contributed by atoms with Crippen LogP contribution in [0.4, 0.5) is 4.79 Å². The normalized spacial score (nSPS) is 31.4. The summed E-state index contributed by atoms with van der Waals surface area (Å²) in [6.45, 7) is 5.62. The van der Waals surface area contributed by atoms with E-state index in [9.17, 15) is 4.79 Å². The molecule has 0 heterocycles. The van der Waals surface area contributed by atoms with Gasteiger partial charge in [-0.05, 0) is 51.9 Å². The Morgan fingerprint density at radius 2 is 1.74 bits per heavy atom. The van der Waals surface area contributed by atoms with Crippen LogP contribution in [0, 0.1) is 11.8 Å². The molecule has 0 bridgehead atoms. The molecule has 4 heteroatoms. The summed E-state index contributed by atoms with van der Waals surface area (Å²) in [5, 5.41) is 0. The van der Waals surface area contributed by atoms with Crippen molar-refractivity contribution in [2.24, 2.45) is 11.8 Å². The summed E-state index contributed by atoms with van der Waals surface area (Å²) in [7, 11) is 0. The Morgan fingerprint density at radius 3 is 2.42 bits per heavy atom. The first-order chi connectivity index (χ1) is 8.94. The van der Waals surface area contributed by atoms with Crippen LogP contribution in [0.25, 0.3) is 0 Å². The predicted octanol–water partition coefficient (Wildman–Crippen LogP) is 3.37. The maximum absolute atomic E-state index is 11.6. The van der Waals surface area contributed by atoms with Gasteiger partial charge in [0.05, 0.1) is 0 Å². The third kappa shape index (κ3) is 4.68. The van der Waals surface area contributed by atoms with E-state index in [2.05, 4.69) is 10.9 Å². The van der Waals surface area contributed by atoms with Gasteiger partial charge in [-0.25, -0.2) is 10.2 Å². The topological polar surface area (TPSA) is 50.4 Å². The molecule has 2 aliphatic rings. The molecule has 3 atom stereocenters. The Kier molecular flexibility index (Phi) is 4.71. The fourth-order valence-corrected chi connectivity index (χ4v) is 3.47. The standard InChI is InChI=1S/C15H28N2O2/c1-15(2,3)19-14(18)17-16-13-9-8-11-6-4-5-7-12(11)10-13/h11-13,16H,4-10H2,1-3H3,(H,17,18). The van der Waals surface area contributed by atoms with Crippen LogP contribution in [0.1, 0.15) is 65.7 Å². The van der Waals surface area contributed by atoms with Gasteiger partial charge in [0.25, 0.3) is 0 Å². The van der Waals surface area contributed by atoms with Gasteiger partial charge in [0.15, 0.2) is 0 Å². The highest BCUT2D eigenvalue weighted by Gasteiger charge is 2.32. The Bertz CT molecular complexity index is 312. The van der Waals surface area contributed by atoms with Crippen molar-refractivity contribution in [2.45, 2.75) is 77.4 Å². The number of hydrogen-bond donors (Lipinski definition) is 2. The molecule has 2 rings (SSSR count). The second-order valence-corrected chi connectivity index (χ2v) is 7.09. The van der Waals surface area contributed by atoms with E-state index in [1.54, 1.807) is 0 Å². The largest absolute Gasteiger partial charge is 0.443 e. The zero-order chi connectivity index (χ0) is 13.9. The molecule has 0 aliphatic heterocycles. The molecule has 2 saturated carbocycles. The van der Waals surface area contributed by atoms with E-state index < -0.39 is 5.60 Å². The highest BCUT2D eigenvalue weighted by atomic mass is 16.6. The minimum Gasteiger partial charge on any atom is -0.443 e. The summed E-state index contributed by atoms with van der Waals surface area (Å²) < 4.78 is 5.22. The Hall–Kier alpha value is -0.770. The van der Waals surface area contributed by atoms with Gasteiger partial charge >= 0.3 is 6.09 Å². The first kappa shape index (κ1) is 14.6. The minimum atomic E-state index is -0.438. The molecule has 0 aromatic carbocycles. The van der Waals surface area contributed by atoms with Crippen molar-refractivity contribution in [3.05, 3.63) is 0 Å². The van der Waals surface area contributed by atoms with E-state index in [-0.39, 0.29) is 6.09 Å². The van der Waals surface area contributed by atoms with Gasteiger partial charge in [-0.2, -0.15) is 0 Å². The van der Waals surface area contributed by atoms with Gasteiger partial charge < -0.3 is 4.74 Å². The lowest BCUT2D eigenvalue weighted by Crippen LogP contribution is -2.49. The summed E-state index contributed by atoms with van der Waals surface area (Å²) >= 11 is 0. The van der Waals surface area contributed by atoms with Crippen molar-refractivity contribution < 1.29 is 9.53 Å². The van der Waals surface area contributed by atoms with Gasteiger partial charge in [-0.15, -0.1) is 0 Å². The van der Waals surface area contributed by atoms with E-state index in [4.69, 9.17) is 4.74 Å². The number of rotatable bonds is 2. The number of hydrogen-bond acceptors (Lipinski definition) is 3. The van der Waals surface area contributed by atoms with E-state index in [0.717, 1.165) is 18.3 Å². The third-order valence-corrected chi connectivity index (χ3v) is 4.32. The van der Waals surface area contributed by atoms with E-state index >= 15 is 0 Å². The second kappa shape index (κ2) is 6.12. The molecule has 19 heavy (non-hydrogen) atoms. The average molecular weight is 268 g/mol. The second-order valence-electron chi connectivity index (χ2n) is 7.09. The van der Waals surface area contributed by atoms with Crippen molar-refractivity contribution >= 4 is 6.09 Å². The molecule has 2 aliphatic carbocycles. The summed E-state index contributed by atoms with van der Waals surface area (Å²) in [5.74, 6) is 1.80. The molecule has 3 unspecified atom stereocenters. The van der Waals surface area contributed by atoms with E-state index in [1.807, 2.05) is 20.8 Å². The average Bonchev–Trinajstić information content (AvgIpc) is 2.34. The highest BCUT2D eigenvalue weighted by Crippen LogP contribution is 2.40. The molecule has 0 spiro atoms. The van der Waals surface area contributed by atoms with Crippen LogP contribution >= 0.6 is 0 Å². The Labute approximate surface area is 116 Å². The molecule has 0 aromatic rings. The van der Waals surface area contributed by atoms with Crippen molar-refractivity contribution in [1.82, 2.24) is 10.9 Å². The number of fused-ring (bicyclic) bond motifs is 1.